The van der Waals surface area contributed by atoms with Crippen LogP contribution in [-0.4, -0.2) is 40.3 Å². The Balaban J connectivity index is 1.67. The maximum Gasteiger partial charge on any atom is 0.207 e. The molecule has 3 heterocycles. The van der Waals surface area contributed by atoms with Crippen molar-refractivity contribution < 1.29 is 0 Å². The second kappa shape index (κ2) is 5.82. The Bertz CT molecular complexity index is 391. The zero-order valence-electron chi connectivity index (χ0n) is 10.4. The minimum Gasteiger partial charge on any atom is -0.312 e. The molecule has 1 N–H and O–H groups in total. The molecular formula is C12H19ClN4S. The van der Waals surface area contributed by atoms with Crippen LogP contribution < -0.4 is 5.32 Å². The number of halogens is 1. The van der Waals surface area contributed by atoms with E-state index in [1.165, 1.54) is 56.5 Å². The van der Waals surface area contributed by atoms with Gasteiger partial charge in [0.05, 0.1) is 6.54 Å². The topological polar surface area (TPSA) is 41.1 Å². The van der Waals surface area contributed by atoms with Gasteiger partial charge in [0.1, 0.15) is 5.01 Å². The average Bonchev–Trinajstić information content (AvgIpc) is 3.02. The van der Waals surface area contributed by atoms with Crippen LogP contribution in [0.15, 0.2) is 0 Å². The largest absolute Gasteiger partial charge is 0.312 e. The molecule has 4 nitrogen and oxygen atoms in total. The fourth-order valence-electron chi connectivity index (χ4n) is 3.18. The van der Waals surface area contributed by atoms with Crippen molar-refractivity contribution in [2.24, 2.45) is 0 Å². The summed E-state index contributed by atoms with van der Waals surface area (Å²) in [7, 11) is 0. The SMILES string of the molecule is Clc1nnc(CN2CCCCC2C2CCCN2)s1. The van der Waals surface area contributed by atoms with Gasteiger partial charge in [-0.2, -0.15) is 0 Å². The van der Waals surface area contributed by atoms with Gasteiger partial charge in [0, 0.05) is 12.1 Å². The molecule has 2 fully saturated rings. The third kappa shape index (κ3) is 2.85. The monoisotopic (exact) mass is 286 g/mol. The summed E-state index contributed by atoms with van der Waals surface area (Å²) in [6.07, 6.45) is 6.61. The van der Waals surface area contributed by atoms with Gasteiger partial charge in [-0.25, -0.2) is 0 Å². The van der Waals surface area contributed by atoms with E-state index in [1.807, 2.05) is 0 Å². The van der Waals surface area contributed by atoms with E-state index in [-0.39, 0.29) is 0 Å². The molecule has 100 valence electrons. The Morgan fingerprint density at radius 1 is 1.28 bits per heavy atom. The van der Waals surface area contributed by atoms with E-state index in [1.54, 1.807) is 0 Å². The van der Waals surface area contributed by atoms with Gasteiger partial charge in [0.25, 0.3) is 0 Å². The lowest BCUT2D eigenvalue weighted by molar-refractivity contribution is 0.112. The van der Waals surface area contributed by atoms with E-state index in [0.29, 0.717) is 16.6 Å². The fourth-order valence-corrected chi connectivity index (χ4v) is 4.07. The molecule has 0 radical (unpaired) electrons. The third-order valence-corrected chi connectivity index (χ3v) is 5.01. The normalized spacial score (nSPS) is 29.8. The Labute approximate surface area is 117 Å². The summed E-state index contributed by atoms with van der Waals surface area (Å²) in [6.45, 7) is 3.27. The van der Waals surface area contributed by atoms with Crippen LogP contribution >= 0.6 is 22.9 Å². The molecule has 1 aromatic rings. The quantitative estimate of drug-likeness (QED) is 0.926. The highest BCUT2D eigenvalue weighted by Gasteiger charge is 2.31. The van der Waals surface area contributed by atoms with Crippen LogP contribution in [0.4, 0.5) is 0 Å². The molecule has 2 aliphatic heterocycles. The average molecular weight is 287 g/mol. The van der Waals surface area contributed by atoms with Crippen LogP contribution in [-0.2, 0) is 6.54 Å². The number of nitrogens with one attached hydrogen (secondary N) is 1. The van der Waals surface area contributed by atoms with Gasteiger partial charge >= 0.3 is 0 Å². The van der Waals surface area contributed by atoms with Crippen molar-refractivity contribution in [3.63, 3.8) is 0 Å². The smallest absolute Gasteiger partial charge is 0.207 e. The number of hydrogen-bond donors (Lipinski definition) is 1. The van der Waals surface area contributed by atoms with Gasteiger partial charge in [0.2, 0.25) is 4.47 Å². The van der Waals surface area contributed by atoms with E-state index < -0.39 is 0 Å². The molecule has 0 saturated carbocycles. The summed E-state index contributed by atoms with van der Waals surface area (Å²) in [5.74, 6) is 0. The lowest BCUT2D eigenvalue weighted by Gasteiger charge is -2.38. The summed E-state index contributed by atoms with van der Waals surface area (Å²) in [6, 6.07) is 1.35. The summed E-state index contributed by atoms with van der Waals surface area (Å²) >= 11 is 7.36. The van der Waals surface area contributed by atoms with Gasteiger partial charge in [-0.15, -0.1) is 10.2 Å². The molecular weight excluding hydrogens is 268 g/mol. The van der Waals surface area contributed by atoms with Crippen LogP contribution in [0.25, 0.3) is 0 Å². The fraction of sp³-hybridized carbons (Fsp3) is 0.833. The van der Waals surface area contributed by atoms with E-state index in [0.717, 1.165) is 11.6 Å². The van der Waals surface area contributed by atoms with Gasteiger partial charge < -0.3 is 5.32 Å². The molecule has 2 atom stereocenters. The van der Waals surface area contributed by atoms with E-state index in [9.17, 15) is 0 Å². The second-order valence-corrected chi connectivity index (χ2v) is 6.83. The molecule has 0 amide bonds. The summed E-state index contributed by atoms with van der Waals surface area (Å²) in [5.41, 5.74) is 0. The molecule has 0 spiro atoms. The van der Waals surface area contributed by atoms with Crippen LogP contribution in [0.1, 0.15) is 37.1 Å². The molecule has 18 heavy (non-hydrogen) atoms. The molecule has 2 aliphatic rings. The van der Waals surface area contributed by atoms with Gasteiger partial charge in [-0.1, -0.05) is 17.8 Å². The van der Waals surface area contributed by atoms with E-state index in [2.05, 4.69) is 20.4 Å². The van der Waals surface area contributed by atoms with Crippen molar-refractivity contribution in [2.75, 3.05) is 13.1 Å². The van der Waals surface area contributed by atoms with Crippen LogP contribution in [0.2, 0.25) is 4.47 Å². The molecule has 0 aromatic carbocycles. The van der Waals surface area contributed by atoms with Crippen molar-refractivity contribution in [3.8, 4) is 0 Å². The van der Waals surface area contributed by atoms with Crippen molar-refractivity contribution in [3.05, 3.63) is 9.47 Å². The molecule has 0 bridgehead atoms. The van der Waals surface area contributed by atoms with Crippen LogP contribution in [0.3, 0.4) is 0 Å². The molecule has 1 aromatic heterocycles. The summed E-state index contributed by atoms with van der Waals surface area (Å²) < 4.78 is 0.553. The zero-order valence-corrected chi connectivity index (χ0v) is 12.0. The summed E-state index contributed by atoms with van der Waals surface area (Å²) in [5, 5.41) is 12.7. The van der Waals surface area contributed by atoms with E-state index in [4.69, 9.17) is 11.6 Å². The Kier molecular flexibility index (Phi) is 4.13. The Morgan fingerprint density at radius 2 is 2.22 bits per heavy atom. The first-order chi connectivity index (χ1) is 8.83. The number of rotatable bonds is 3. The maximum atomic E-state index is 5.86. The predicted molar refractivity (Wildman–Crippen MR) is 74.0 cm³/mol. The van der Waals surface area contributed by atoms with E-state index >= 15 is 0 Å². The first-order valence-corrected chi connectivity index (χ1v) is 7.98. The first kappa shape index (κ1) is 12.8. The van der Waals surface area contributed by atoms with Gasteiger partial charge in [0.15, 0.2) is 0 Å². The van der Waals surface area contributed by atoms with Crippen molar-refractivity contribution >= 4 is 22.9 Å². The number of likely N-dealkylation sites (tertiary alicyclic amines) is 1. The maximum absolute atomic E-state index is 5.86. The standard InChI is InChI=1S/C12H19ClN4S/c13-12-16-15-11(18-12)8-17-7-2-1-5-10(17)9-4-3-6-14-9/h9-10,14H,1-8H2. The van der Waals surface area contributed by atoms with Gasteiger partial charge in [-0.3, -0.25) is 4.90 Å². The predicted octanol–water partition coefficient (Wildman–Crippen LogP) is 2.30. The highest BCUT2D eigenvalue weighted by molar-refractivity contribution is 7.15. The van der Waals surface area contributed by atoms with Crippen LogP contribution in [0.5, 0.6) is 0 Å². The molecule has 3 rings (SSSR count). The Morgan fingerprint density at radius 3 is 2.94 bits per heavy atom. The molecule has 2 saturated heterocycles. The first-order valence-electron chi connectivity index (χ1n) is 6.78. The Hall–Kier alpha value is -0.230. The molecule has 0 aliphatic carbocycles. The number of piperidine rings is 1. The van der Waals surface area contributed by atoms with Crippen molar-refractivity contribution in [2.45, 2.75) is 50.7 Å². The van der Waals surface area contributed by atoms with Crippen molar-refractivity contribution in [1.29, 1.82) is 0 Å². The minimum atomic E-state index is 0.553. The lowest BCUT2D eigenvalue weighted by Crippen LogP contribution is -2.49. The van der Waals surface area contributed by atoms with Crippen molar-refractivity contribution in [1.82, 2.24) is 20.4 Å². The second-order valence-electron chi connectivity index (χ2n) is 5.19. The molecule has 6 heteroatoms. The molecule has 2 unspecified atom stereocenters. The number of nitrogens with zero attached hydrogens (tertiary/aromatic N) is 3. The third-order valence-electron chi connectivity index (χ3n) is 4.01. The zero-order chi connectivity index (χ0) is 12.4. The number of hydrogen-bond acceptors (Lipinski definition) is 5. The highest BCUT2D eigenvalue weighted by Crippen LogP contribution is 2.27. The minimum absolute atomic E-state index is 0.553. The number of aromatic nitrogens is 2. The summed E-state index contributed by atoms with van der Waals surface area (Å²) in [4.78, 5) is 2.57. The van der Waals surface area contributed by atoms with Gasteiger partial charge in [-0.05, 0) is 50.4 Å². The lowest BCUT2D eigenvalue weighted by atomic mass is 9.94. The highest BCUT2D eigenvalue weighted by atomic mass is 35.5. The van der Waals surface area contributed by atoms with Crippen LogP contribution in [0, 0.1) is 0 Å².